The highest BCUT2D eigenvalue weighted by atomic mass is 19.1. The third-order valence-electron chi connectivity index (χ3n) is 3.39. The smallest absolute Gasteiger partial charge is 0.161 e. The fraction of sp³-hybridized carbons (Fsp3) is 0.250. The first kappa shape index (κ1) is 13.7. The quantitative estimate of drug-likeness (QED) is 0.944. The van der Waals surface area contributed by atoms with Gasteiger partial charge in [0.1, 0.15) is 30.9 Å². The van der Waals surface area contributed by atoms with Crippen LogP contribution in [0, 0.1) is 5.82 Å². The molecule has 0 aromatic heterocycles. The molecule has 0 radical (unpaired) electrons. The van der Waals surface area contributed by atoms with E-state index < -0.39 is 11.9 Å². The van der Waals surface area contributed by atoms with Gasteiger partial charge in [0.2, 0.25) is 0 Å². The van der Waals surface area contributed by atoms with E-state index in [2.05, 4.69) is 0 Å². The van der Waals surface area contributed by atoms with Crippen LogP contribution in [0.2, 0.25) is 0 Å². The molecule has 1 aliphatic rings. The SMILES string of the molecule is COc1cccc(F)c1C(O)c1ccc2c(c1)OCCO2. The molecule has 110 valence electrons. The Bertz CT molecular complexity index is 657. The van der Waals surface area contributed by atoms with Crippen LogP contribution in [0.25, 0.3) is 0 Å². The molecule has 1 unspecified atom stereocenters. The van der Waals surface area contributed by atoms with Gasteiger partial charge in [-0.2, -0.15) is 0 Å². The van der Waals surface area contributed by atoms with Gasteiger partial charge < -0.3 is 19.3 Å². The van der Waals surface area contributed by atoms with Gasteiger partial charge in [-0.05, 0) is 29.8 Å². The standard InChI is InChI=1S/C16H15FO4/c1-19-13-4-2-3-11(17)15(13)16(18)10-5-6-12-14(9-10)21-8-7-20-12/h2-6,9,16,18H,7-8H2,1H3. The molecule has 0 fully saturated rings. The molecule has 21 heavy (non-hydrogen) atoms. The maximum Gasteiger partial charge on any atom is 0.161 e. The van der Waals surface area contributed by atoms with E-state index in [9.17, 15) is 9.50 Å². The summed E-state index contributed by atoms with van der Waals surface area (Å²) in [5, 5.41) is 10.5. The van der Waals surface area contributed by atoms with E-state index in [1.165, 1.54) is 19.2 Å². The van der Waals surface area contributed by atoms with Crippen molar-refractivity contribution in [3.8, 4) is 17.2 Å². The second kappa shape index (κ2) is 5.61. The highest BCUT2D eigenvalue weighted by molar-refractivity contribution is 5.48. The molecule has 3 rings (SSSR count). The number of fused-ring (bicyclic) bond motifs is 1. The first-order valence-corrected chi connectivity index (χ1v) is 6.60. The van der Waals surface area contributed by atoms with Crippen molar-refractivity contribution in [3.63, 3.8) is 0 Å². The highest BCUT2D eigenvalue weighted by Crippen LogP contribution is 2.37. The van der Waals surface area contributed by atoms with Crippen LogP contribution in [0.3, 0.4) is 0 Å². The summed E-state index contributed by atoms with van der Waals surface area (Å²) >= 11 is 0. The number of benzene rings is 2. The maximum absolute atomic E-state index is 14.0. The predicted octanol–water partition coefficient (Wildman–Crippen LogP) is 2.69. The minimum absolute atomic E-state index is 0.108. The van der Waals surface area contributed by atoms with Crippen LogP contribution in [0.15, 0.2) is 36.4 Å². The number of halogens is 1. The summed E-state index contributed by atoms with van der Waals surface area (Å²) in [5.74, 6) is 0.958. The van der Waals surface area contributed by atoms with E-state index in [1.807, 2.05) is 0 Å². The Hall–Kier alpha value is -2.27. The lowest BCUT2D eigenvalue weighted by Gasteiger charge is -2.21. The van der Waals surface area contributed by atoms with Crippen molar-refractivity contribution in [1.82, 2.24) is 0 Å². The number of aliphatic hydroxyl groups excluding tert-OH is 1. The van der Waals surface area contributed by atoms with Crippen molar-refractivity contribution in [2.45, 2.75) is 6.10 Å². The summed E-state index contributed by atoms with van der Waals surface area (Å²) in [5.41, 5.74) is 0.624. The van der Waals surface area contributed by atoms with E-state index in [4.69, 9.17) is 14.2 Å². The topological polar surface area (TPSA) is 47.9 Å². The predicted molar refractivity (Wildman–Crippen MR) is 74.4 cm³/mol. The molecule has 1 N–H and O–H groups in total. The third-order valence-corrected chi connectivity index (χ3v) is 3.39. The van der Waals surface area contributed by atoms with Gasteiger partial charge in [0.25, 0.3) is 0 Å². The second-order valence-electron chi connectivity index (χ2n) is 4.66. The van der Waals surface area contributed by atoms with Crippen LogP contribution < -0.4 is 14.2 Å². The van der Waals surface area contributed by atoms with Gasteiger partial charge in [-0.3, -0.25) is 0 Å². The van der Waals surface area contributed by atoms with E-state index in [-0.39, 0.29) is 5.56 Å². The van der Waals surface area contributed by atoms with Gasteiger partial charge in [-0.1, -0.05) is 12.1 Å². The molecule has 0 saturated heterocycles. The van der Waals surface area contributed by atoms with E-state index in [0.29, 0.717) is 36.0 Å². The molecule has 0 amide bonds. The average molecular weight is 290 g/mol. The summed E-state index contributed by atoms with van der Waals surface area (Å²) in [6, 6.07) is 9.49. The van der Waals surface area contributed by atoms with E-state index in [0.717, 1.165) is 0 Å². The molecule has 2 aromatic carbocycles. The van der Waals surface area contributed by atoms with Gasteiger partial charge in [0, 0.05) is 0 Å². The molecular formula is C16H15FO4. The number of hydrogen-bond acceptors (Lipinski definition) is 4. The van der Waals surface area contributed by atoms with Crippen molar-refractivity contribution in [3.05, 3.63) is 53.3 Å². The van der Waals surface area contributed by atoms with Gasteiger partial charge in [0.05, 0.1) is 12.7 Å². The Morgan fingerprint density at radius 2 is 1.90 bits per heavy atom. The summed E-state index contributed by atoms with van der Waals surface area (Å²) in [7, 11) is 1.44. The number of rotatable bonds is 3. The third kappa shape index (κ3) is 2.52. The largest absolute Gasteiger partial charge is 0.496 e. The summed E-state index contributed by atoms with van der Waals surface area (Å²) in [4.78, 5) is 0. The van der Waals surface area contributed by atoms with E-state index >= 15 is 0 Å². The normalized spacial score (nSPS) is 14.6. The molecule has 0 saturated carbocycles. The van der Waals surface area contributed by atoms with Crippen molar-refractivity contribution in [2.75, 3.05) is 20.3 Å². The van der Waals surface area contributed by atoms with Gasteiger partial charge in [0.15, 0.2) is 11.5 Å². The molecule has 0 spiro atoms. The lowest BCUT2D eigenvalue weighted by molar-refractivity contribution is 0.169. The van der Waals surface area contributed by atoms with Crippen molar-refractivity contribution < 1.29 is 23.7 Å². The minimum atomic E-state index is -1.14. The Morgan fingerprint density at radius 1 is 1.14 bits per heavy atom. The Kier molecular flexibility index (Phi) is 3.66. The zero-order valence-electron chi connectivity index (χ0n) is 11.5. The molecule has 1 heterocycles. The van der Waals surface area contributed by atoms with Gasteiger partial charge in [-0.15, -0.1) is 0 Å². The van der Waals surface area contributed by atoms with Crippen LogP contribution in [0.4, 0.5) is 4.39 Å². The number of methoxy groups -OCH3 is 1. The first-order chi connectivity index (χ1) is 10.2. The minimum Gasteiger partial charge on any atom is -0.496 e. The number of aliphatic hydroxyl groups is 1. The second-order valence-corrected chi connectivity index (χ2v) is 4.66. The molecule has 0 bridgehead atoms. The molecule has 5 heteroatoms. The zero-order chi connectivity index (χ0) is 14.8. The summed E-state index contributed by atoms with van der Waals surface area (Å²) in [6.45, 7) is 0.950. The van der Waals surface area contributed by atoms with Crippen LogP contribution in [0.1, 0.15) is 17.2 Å². The summed E-state index contributed by atoms with van der Waals surface area (Å²) < 4.78 is 30.0. The molecule has 1 aliphatic heterocycles. The Balaban J connectivity index is 2.01. The van der Waals surface area contributed by atoms with Crippen molar-refractivity contribution in [2.24, 2.45) is 0 Å². The molecule has 4 nitrogen and oxygen atoms in total. The first-order valence-electron chi connectivity index (χ1n) is 6.60. The highest BCUT2D eigenvalue weighted by Gasteiger charge is 2.22. The van der Waals surface area contributed by atoms with Crippen LogP contribution >= 0.6 is 0 Å². The monoisotopic (exact) mass is 290 g/mol. The fourth-order valence-electron chi connectivity index (χ4n) is 2.36. The van der Waals surface area contributed by atoms with Crippen LogP contribution in [-0.4, -0.2) is 25.4 Å². The Labute approximate surface area is 121 Å². The fourth-order valence-corrected chi connectivity index (χ4v) is 2.36. The Morgan fingerprint density at radius 3 is 2.67 bits per heavy atom. The molecule has 2 aromatic rings. The molecular weight excluding hydrogens is 275 g/mol. The zero-order valence-corrected chi connectivity index (χ0v) is 11.5. The van der Waals surface area contributed by atoms with Crippen LogP contribution in [0.5, 0.6) is 17.2 Å². The van der Waals surface area contributed by atoms with Crippen molar-refractivity contribution in [1.29, 1.82) is 0 Å². The van der Waals surface area contributed by atoms with Crippen molar-refractivity contribution >= 4 is 0 Å². The lowest BCUT2D eigenvalue weighted by atomic mass is 9.99. The maximum atomic E-state index is 14.0. The van der Waals surface area contributed by atoms with Gasteiger partial charge >= 0.3 is 0 Å². The van der Waals surface area contributed by atoms with E-state index in [1.54, 1.807) is 24.3 Å². The molecule has 1 atom stereocenters. The van der Waals surface area contributed by atoms with Crippen LogP contribution in [-0.2, 0) is 0 Å². The molecule has 0 aliphatic carbocycles. The number of hydrogen-bond donors (Lipinski definition) is 1. The number of ether oxygens (including phenoxy) is 3. The average Bonchev–Trinajstić information content (AvgIpc) is 2.53. The lowest BCUT2D eigenvalue weighted by Crippen LogP contribution is -2.16. The summed E-state index contributed by atoms with van der Waals surface area (Å²) in [6.07, 6.45) is -1.14. The van der Waals surface area contributed by atoms with Gasteiger partial charge in [-0.25, -0.2) is 4.39 Å².